The maximum Gasteiger partial charge on any atom is 0.329 e. The molecule has 2 aromatic rings. The average molecular weight is 355 g/mol. The molecular formula is C20H25N3O3. The van der Waals surface area contributed by atoms with E-state index in [-0.39, 0.29) is 29.3 Å². The molecule has 2 bridgehead atoms. The van der Waals surface area contributed by atoms with Crippen molar-refractivity contribution in [2.45, 2.75) is 52.6 Å². The van der Waals surface area contributed by atoms with Crippen molar-refractivity contribution in [3.8, 4) is 0 Å². The molecule has 2 unspecified atom stereocenters. The summed E-state index contributed by atoms with van der Waals surface area (Å²) >= 11 is 0. The van der Waals surface area contributed by atoms with Crippen LogP contribution in [0.4, 0.5) is 0 Å². The van der Waals surface area contributed by atoms with Gasteiger partial charge in [-0.3, -0.25) is 14.2 Å². The number of carbonyl (C=O) groups excluding carboxylic acids is 1. The number of carbonyl (C=O) groups is 1. The number of aromatic amines is 1. The first-order valence-electron chi connectivity index (χ1n) is 9.19. The van der Waals surface area contributed by atoms with Crippen LogP contribution in [0.5, 0.6) is 0 Å². The zero-order chi connectivity index (χ0) is 18.7. The predicted octanol–water partition coefficient (Wildman–Crippen LogP) is 2.12. The Balaban J connectivity index is 1.65. The minimum atomic E-state index is -0.532. The van der Waals surface area contributed by atoms with Gasteiger partial charge in [0.25, 0.3) is 5.56 Å². The van der Waals surface area contributed by atoms with E-state index in [1.165, 1.54) is 0 Å². The highest BCUT2D eigenvalue weighted by atomic mass is 16.2. The Bertz CT molecular complexity index is 1000. The molecular weight excluding hydrogens is 330 g/mol. The third kappa shape index (κ3) is 2.77. The van der Waals surface area contributed by atoms with Gasteiger partial charge in [0.2, 0.25) is 5.91 Å². The normalized spacial score (nSPS) is 27.0. The average Bonchev–Trinajstić information content (AvgIpc) is 2.80. The van der Waals surface area contributed by atoms with Crippen molar-refractivity contribution in [3.05, 3.63) is 45.1 Å². The zero-order valence-corrected chi connectivity index (χ0v) is 15.5. The Kier molecular flexibility index (Phi) is 3.65. The molecule has 1 aliphatic carbocycles. The fourth-order valence-corrected chi connectivity index (χ4v) is 5.32. The number of rotatable bonds is 2. The van der Waals surface area contributed by atoms with Crippen molar-refractivity contribution < 1.29 is 4.79 Å². The van der Waals surface area contributed by atoms with Crippen LogP contribution in [0.25, 0.3) is 10.9 Å². The maximum atomic E-state index is 13.0. The smallest absolute Gasteiger partial charge is 0.329 e. The summed E-state index contributed by atoms with van der Waals surface area (Å²) in [5.74, 6) is -0.140. The van der Waals surface area contributed by atoms with Crippen LogP contribution in [0.15, 0.2) is 33.9 Å². The lowest BCUT2D eigenvalue weighted by Gasteiger charge is -2.39. The van der Waals surface area contributed by atoms with Crippen molar-refractivity contribution in [3.63, 3.8) is 0 Å². The Morgan fingerprint density at radius 2 is 1.92 bits per heavy atom. The third-order valence-corrected chi connectivity index (χ3v) is 5.92. The molecule has 1 aliphatic heterocycles. The van der Waals surface area contributed by atoms with Crippen LogP contribution in [0, 0.1) is 10.8 Å². The number of likely N-dealkylation sites (tertiary alicyclic amines) is 1. The number of H-pyrrole nitrogens is 1. The van der Waals surface area contributed by atoms with E-state index in [4.69, 9.17) is 0 Å². The molecule has 2 heterocycles. The first-order valence-corrected chi connectivity index (χ1v) is 9.19. The lowest BCUT2D eigenvalue weighted by molar-refractivity contribution is -0.133. The van der Waals surface area contributed by atoms with Gasteiger partial charge in [0.1, 0.15) is 6.54 Å². The van der Waals surface area contributed by atoms with E-state index in [1.54, 1.807) is 24.3 Å². The molecule has 6 heteroatoms. The predicted molar refractivity (Wildman–Crippen MR) is 100 cm³/mol. The molecule has 1 aromatic heterocycles. The number of fused-ring (bicyclic) bond motifs is 3. The quantitative estimate of drug-likeness (QED) is 0.897. The summed E-state index contributed by atoms with van der Waals surface area (Å²) in [6, 6.07) is 7.07. The number of hydrogen-bond acceptors (Lipinski definition) is 3. The summed E-state index contributed by atoms with van der Waals surface area (Å²) in [7, 11) is 0. The topological polar surface area (TPSA) is 75.2 Å². The molecule has 4 rings (SSSR count). The molecule has 1 saturated heterocycles. The summed E-state index contributed by atoms with van der Waals surface area (Å²) < 4.78 is 1.03. The van der Waals surface area contributed by atoms with Crippen molar-refractivity contribution in [1.82, 2.24) is 14.5 Å². The first-order chi connectivity index (χ1) is 12.2. The van der Waals surface area contributed by atoms with Gasteiger partial charge in [-0.25, -0.2) is 4.79 Å². The SMILES string of the molecule is CC1(C)CC2CC(C)(CN2C(=O)Cn2c(=O)[nH]c3ccccc3c2=O)C1. The van der Waals surface area contributed by atoms with E-state index in [9.17, 15) is 14.4 Å². The summed E-state index contributed by atoms with van der Waals surface area (Å²) in [6.07, 6.45) is 3.07. The highest BCUT2D eigenvalue weighted by Crippen LogP contribution is 2.52. The van der Waals surface area contributed by atoms with E-state index in [2.05, 4.69) is 25.8 Å². The second-order valence-corrected chi connectivity index (χ2v) is 9.10. The van der Waals surface area contributed by atoms with Crippen LogP contribution in [-0.4, -0.2) is 32.9 Å². The van der Waals surface area contributed by atoms with Crippen LogP contribution in [-0.2, 0) is 11.3 Å². The van der Waals surface area contributed by atoms with E-state index in [0.717, 1.165) is 23.8 Å². The molecule has 0 radical (unpaired) electrons. The van der Waals surface area contributed by atoms with Crippen LogP contribution >= 0.6 is 0 Å². The molecule has 2 fully saturated rings. The van der Waals surface area contributed by atoms with Gasteiger partial charge in [-0.05, 0) is 42.2 Å². The number of amides is 1. The van der Waals surface area contributed by atoms with Crippen molar-refractivity contribution in [2.24, 2.45) is 10.8 Å². The molecule has 138 valence electrons. The van der Waals surface area contributed by atoms with E-state index in [1.807, 2.05) is 4.90 Å². The van der Waals surface area contributed by atoms with Crippen LogP contribution < -0.4 is 11.2 Å². The fourth-order valence-electron chi connectivity index (χ4n) is 5.32. The van der Waals surface area contributed by atoms with Gasteiger partial charge < -0.3 is 9.88 Å². The highest BCUT2D eigenvalue weighted by molar-refractivity contribution is 5.79. The lowest BCUT2D eigenvalue weighted by Crippen LogP contribution is -2.44. The van der Waals surface area contributed by atoms with Gasteiger partial charge in [0.05, 0.1) is 10.9 Å². The molecule has 1 amide bonds. The minimum Gasteiger partial charge on any atom is -0.338 e. The summed E-state index contributed by atoms with van der Waals surface area (Å²) in [4.78, 5) is 42.6. The maximum absolute atomic E-state index is 13.0. The molecule has 26 heavy (non-hydrogen) atoms. The van der Waals surface area contributed by atoms with E-state index >= 15 is 0 Å². The second-order valence-electron chi connectivity index (χ2n) is 9.10. The van der Waals surface area contributed by atoms with Gasteiger partial charge in [-0.1, -0.05) is 32.9 Å². The molecule has 6 nitrogen and oxygen atoms in total. The Morgan fingerprint density at radius 3 is 2.69 bits per heavy atom. The molecule has 1 aromatic carbocycles. The first kappa shape index (κ1) is 17.1. The number of para-hydroxylation sites is 1. The molecule has 1 saturated carbocycles. The van der Waals surface area contributed by atoms with Crippen LogP contribution in [0.2, 0.25) is 0 Å². The largest absolute Gasteiger partial charge is 0.338 e. The third-order valence-electron chi connectivity index (χ3n) is 5.92. The van der Waals surface area contributed by atoms with Gasteiger partial charge >= 0.3 is 5.69 Å². The molecule has 2 aliphatic rings. The Hall–Kier alpha value is -2.37. The number of nitrogens with one attached hydrogen (secondary N) is 1. The summed E-state index contributed by atoms with van der Waals surface area (Å²) in [5, 5.41) is 0.424. The van der Waals surface area contributed by atoms with E-state index < -0.39 is 11.2 Å². The van der Waals surface area contributed by atoms with Crippen molar-refractivity contribution >= 4 is 16.8 Å². The van der Waals surface area contributed by atoms with Gasteiger partial charge in [0.15, 0.2) is 0 Å². The van der Waals surface area contributed by atoms with Gasteiger partial charge in [-0.15, -0.1) is 0 Å². The summed E-state index contributed by atoms with van der Waals surface area (Å²) in [6.45, 7) is 7.25. The number of aromatic nitrogens is 2. The van der Waals surface area contributed by atoms with Gasteiger partial charge in [0, 0.05) is 12.6 Å². The monoisotopic (exact) mass is 355 g/mol. The number of benzene rings is 1. The van der Waals surface area contributed by atoms with Crippen LogP contribution in [0.3, 0.4) is 0 Å². The lowest BCUT2D eigenvalue weighted by atomic mass is 9.65. The number of nitrogens with zero attached hydrogens (tertiary/aromatic N) is 2. The number of hydrogen-bond donors (Lipinski definition) is 1. The van der Waals surface area contributed by atoms with Crippen LogP contribution in [0.1, 0.15) is 40.0 Å². The second kappa shape index (κ2) is 5.56. The van der Waals surface area contributed by atoms with Gasteiger partial charge in [-0.2, -0.15) is 0 Å². The minimum absolute atomic E-state index is 0.128. The van der Waals surface area contributed by atoms with Crippen molar-refractivity contribution in [2.75, 3.05) is 6.54 Å². The fraction of sp³-hybridized carbons (Fsp3) is 0.550. The van der Waals surface area contributed by atoms with E-state index in [0.29, 0.717) is 17.4 Å². The zero-order valence-electron chi connectivity index (χ0n) is 15.5. The highest BCUT2D eigenvalue weighted by Gasteiger charge is 2.50. The Morgan fingerprint density at radius 1 is 1.19 bits per heavy atom. The Labute approximate surface area is 151 Å². The van der Waals surface area contributed by atoms with Crippen molar-refractivity contribution in [1.29, 1.82) is 0 Å². The standard InChI is InChI=1S/C20H25N3O3/c1-19(2)8-13-9-20(3,11-19)12-23(13)16(24)10-22-17(25)14-6-4-5-7-15(14)21-18(22)26/h4-7,13H,8-12H2,1-3H3,(H,21,26). The molecule has 2 atom stereocenters. The molecule has 0 spiro atoms. The molecule has 1 N–H and O–H groups in total. The summed E-state index contributed by atoms with van der Waals surface area (Å²) in [5.41, 5.74) is -0.105.